The van der Waals surface area contributed by atoms with Crippen LogP contribution in [0.25, 0.3) is 0 Å². The minimum atomic E-state index is 0.293. The van der Waals surface area contributed by atoms with Crippen LogP contribution in [0.15, 0.2) is 17.6 Å². The van der Waals surface area contributed by atoms with E-state index in [0.29, 0.717) is 12.1 Å². The Bertz CT molecular complexity index is 178. The van der Waals surface area contributed by atoms with E-state index in [0.717, 1.165) is 5.71 Å². The lowest BCUT2D eigenvalue weighted by Crippen LogP contribution is -2.34. The molecule has 1 aliphatic carbocycles. The van der Waals surface area contributed by atoms with Crippen molar-refractivity contribution in [2.45, 2.75) is 26.2 Å². The zero-order chi connectivity index (χ0) is 8.32. The molecule has 0 aromatic carbocycles. The first kappa shape index (κ1) is 8.47. The van der Waals surface area contributed by atoms with Crippen LogP contribution in [-0.2, 0) is 0 Å². The van der Waals surface area contributed by atoms with Gasteiger partial charge in [-0.1, -0.05) is 19.9 Å². The maximum atomic E-state index is 5.35. The molecule has 1 rings (SSSR count). The maximum Gasteiger partial charge on any atom is 0.0862 e. The molecule has 0 saturated heterocycles. The Labute approximate surface area is 68.2 Å². The molecule has 0 aromatic rings. The average Bonchev–Trinajstić information content (AvgIpc) is 1.96. The molecule has 62 valence electrons. The van der Waals surface area contributed by atoms with E-state index in [1.807, 2.05) is 6.08 Å². The third-order valence-electron chi connectivity index (χ3n) is 2.53. The van der Waals surface area contributed by atoms with Crippen molar-refractivity contribution < 1.29 is 0 Å². The molecular weight excluding hydrogens is 136 g/mol. The van der Waals surface area contributed by atoms with Crippen LogP contribution < -0.4 is 5.73 Å². The minimum absolute atomic E-state index is 0.293. The van der Waals surface area contributed by atoms with Crippen LogP contribution in [0.5, 0.6) is 0 Å². The SMILES string of the molecule is C=C/C(=N\CN)C1(C)CCC1. The second kappa shape index (κ2) is 3.18. The molecule has 0 bridgehead atoms. The van der Waals surface area contributed by atoms with Crippen LogP contribution >= 0.6 is 0 Å². The second-order valence-corrected chi connectivity index (χ2v) is 3.34. The van der Waals surface area contributed by atoms with Crippen molar-refractivity contribution in [2.24, 2.45) is 16.1 Å². The van der Waals surface area contributed by atoms with Gasteiger partial charge in [0.1, 0.15) is 0 Å². The van der Waals surface area contributed by atoms with Crippen LogP contribution in [0, 0.1) is 5.41 Å². The molecule has 0 heterocycles. The largest absolute Gasteiger partial charge is 0.312 e. The van der Waals surface area contributed by atoms with Crippen LogP contribution in [-0.4, -0.2) is 12.4 Å². The van der Waals surface area contributed by atoms with Crippen LogP contribution in [0.3, 0.4) is 0 Å². The summed E-state index contributed by atoms with van der Waals surface area (Å²) in [4.78, 5) is 4.21. The Hall–Kier alpha value is -0.630. The van der Waals surface area contributed by atoms with Gasteiger partial charge in [0, 0.05) is 11.1 Å². The van der Waals surface area contributed by atoms with Crippen LogP contribution in [0.2, 0.25) is 0 Å². The number of nitrogens with zero attached hydrogens (tertiary/aromatic N) is 1. The predicted molar refractivity (Wildman–Crippen MR) is 48.6 cm³/mol. The summed E-state index contributed by atoms with van der Waals surface area (Å²) in [5.74, 6) is 0. The molecule has 0 unspecified atom stereocenters. The molecule has 0 atom stereocenters. The molecule has 0 spiro atoms. The topological polar surface area (TPSA) is 38.4 Å². The molecule has 0 aromatic heterocycles. The Morgan fingerprint density at radius 2 is 2.36 bits per heavy atom. The quantitative estimate of drug-likeness (QED) is 0.614. The van der Waals surface area contributed by atoms with Gasteiger partial charge in [0.05, 0.1) is 6.67 Å². The average molecular weight is 152 g/mol. The van der Waals surface area contributed by atoms with Crippen molar-refractivity contribution in [1.82, 2.24) is 0 Å². The first-order chi connectivity index (χ1) is 5.23. The molecule has 1 fully saturated rings. The fraction of sp³-hybridized carbons (Fsp3) is 0.667. The van der Waals surface area contributed by atoms with Crippen molar-refractivity contribution in [1.29, 1.82) is 0 Å². The lowest BCUT2D eigenvalue weighted by atomic mass is 9.67. The van der Waals surface area contributed by atoms with Gasteiger partial charge in [-0.2, -0.15) is 0 Å². The second-order valence-electron chi connectivity index (χ2n) is 3.34. The van der Waals surface area contributed by atoms with Crippen molar-refractivity contribution in [3.8, 4) is 0 Å². The van der Waals surface area contributed by atoms with Gasteiger partial charge in [-0.15, -0.1) is 0 Å². The summed E-state index contributed by atoms with van der Waals surface area (Å²) in [6, 6.07) is 0. The van der Waals surface area contributed by atoms with Gasteiger partial charge in [-0.3, -0.25) is 4.99 Å². The summed E-state index contributed by atoms with van der Waals surface area (Å²) in [5.41, 5.74) is 6.73. The van der Waals surface area contributed by atoms with Crippen molar-refractivity contribution >= 4 is 5.71 Å². The Balaban J connectivity index is 2.68. The molecule has 2 heteroatoms. The van der Waals surface area contributed by atoms with E-state index >= 15 is 0 Å². The molecule has 1 saturated carbocycles. The number of allylic oxidation sites excluding steroid dienone is 1. The van der Waals surface area contributed by atoms with Crippen LogP contribution in [0.1, 0.15) is 26.2 Å². The predicted octanol–water partition coefficient (Wildman–Crippen LogP) is 1.72. The first-order valence-electron chi connectivity index (χ1n) is 4.10. The highest BCUT2D eigenvalue weighted by atomic mass is 14.9. The van der Waals surface area contributed by atoms with E-state index in [9.17, 15) is 0 Å². The zero-order valence-corrected chi connectivity index (χ0v) is 7.14. The van der Waals surface area contributed by atoms with Gasteiger partial charge in [0.25, 0.3) is 0 Å². The normalized spacial score (nSPS) is 22.5. The first-order valence-corrected chi connectivity index (χ1v) is 4.10. The standard InChI is InChI=1S/C9H16N2/c1-3-8(11-7-10)9(2)5-4-6-9/h3H,1,4-7,10H2,2H3/b11-8+. The highest BCUT2D eigenvalue weighted by Crippen LogP contribution is 2.41. The lowest BCUT2D eigenvalue weighted by Gasteiger charge is -2.38. The zero-order valence-electron chi connectivity index (χ0n) is 7.14. The highest BCUT2D eigenvalue weighted by molar-refractivity contribution is 5.99. The van der Waals surface area contributed by atoms with Crippen molar-refractivity contribution in [3.63, 3.8) is 0 Å². The molecule has 0 amide bonds. The molecule has 0 aliphatic heterocycles. The summed E-state index contributed by atoms with van der Waals surface area (Å²) < 4.78 is 0. The van der Waals surface area contributed by atoms with Gasteiger partial charge < -0.3 is 5.73 Å². The van der Waals surface area contributed by atoms with Gasteiger partial charge in [-0.05, 0) is 18.9 Å². The Morgan fingerprint density at radius 1 is 1.73 bits per heavy atom. The molecule has 0 radical (unpaired) electrons. The van der Waals surface area contributed by atoms with Crippen molar-refractivity contribution in [2.75, 3.05) is 6.67 Å². The maximum absolute atomic E-state index is 5.35. The summed E-state index contributed by atoms with van der Waals surface area (Å²) in [6.45, 7) is 6.36. The van der Waals surface area contributed by atoms with E-state index in [-0.39, 0.29) is 0 Å². The fourth-order valence-corrected chi connectivity index (χ4v) is 1.56. The van der Waals surface area contributed by atoms with Crippen molar-refractivity contribution in [3.05, 3.63) is 12.7 Å². The number of hydrogen-bond acceptors (Lipinski definition) is 2. The molecular formula is C9H16N2. The number of nitrogens with two attached hydrogens (primary N) is 1. The number of rotatable bonds is 3. The fourth-order valence-electron chi connectivity index (χ4n) is 1.56. The third-order valence-corrected chi connectivity index (χ3v) is 2.53. The highest BCUT2D eigenvalue weighted by Gasteiger charge is 2.35. The molecule has 2 nitrogen and oxygen atoms in total. The smallest absolute Gasteiger partial charge is 0.0862 e. The third kappa shape index (κ3) is 1.51. The van der Waals surface area contributed by atoms with E-state index < -0.39 is 0 Å². The Morgan fingerprint density at radius 3 is 2.64 bits per heavy atom. The van der Waals surface area contributed by atoms with Gasteiger partial charge in [-0.25, -0.2) is 0 Å². The summed E-state index contributed by atoms with van der Waals surface area (Å²) in [6.07, 6.45) is 5.62. The van der Waals surface area contributed by atoms with Gasteiger partial charge in [0.15, 0.2) is 0 Å². The van der Waals surface area contributed by atoms with E-state index in [1.165, 1.54) is 19.3 Å². The molecule has 1 aliphatic rings. The summed E-state index contributed by atoms with van der Waals surface area (Å²) >= 11 is 0. The molecule has 2 N–H and O–H groups in total. The van der Waals surface area contributed by atoms with E-state index in [1.54, 1.807) is 0 Å². The van der Waals surface area contributed by atoms with Gasteiger partial charge >= 0.3 is 0 Å². The summed E-state index contributed by atoms with van der Waals surface area (Å²) in [5, 5.41) is 0. The summed E-state index contributed by atoms with van der Waals surface area (Å²) in [7, 11) is 0. The van der Waals surface area contributed by atoms with Gasteiger partial charge in [0.2, 0.25) is 0 Å². The van der Waals surface area contributed by atoms with E-state index in [2.05, 4.69) is 18.5 Å². The number of hydrogen-bond donors (Lipinski definition) is 1. The van der Waals surface area contributed by atoms with Crippen LogP contribution in [0.4, 0.5) is 0 Å². The minimum Gasteiger partial charge on any atom is -0.312 e. The Kier molecular flexibility index (Phi) is 2.45. The lowest BCUT2D eigenvalue weighted by molar-refractivity contribution is 0.263. The molecule has 11 heavy (non-hydrogen) atoms. The van der Waals surface area contributed by atoms with E-state index in [4.69, 9.17) is 5.73 Å². The number of aliphatic imine (C=N–C) groups is 1. The monoisotopic (exact) mass is 152 g/mol.